The Morgan fingerprint density at radius 3 is 2.86 bits per heavy atom. The number of ether oxygens (including phenoxy) is 2. The third kappa shape index (κ3) is 8.36. The number of amides is 1. The van der Waals surface area contributed by atoms with Gasteiger partial charge >= 0.3 is 0 Å². The van der Waals surface area contributed by atoms with Gasteiger partial charge in [0.15, 0.2) is 0 Å². The van der Waals surface area contributed by atoms with Gasteiger partial charge in [-0.3, -0.25) is 9.69 Å². The first-order valence-electron chi connectivity index (χ1n) is 7.90. The summed E-state index contributed by atoms with van der Waals surface area (Å²) in [6.07, 6.45) is 1.71. The molecule has 1 heterocycles. The van der Waals surface area contributed by atoms with E-state index in [-0.39, 0.29) is 24.7 Å². The summed E-state index contributed by atoms with van der Waals surface area (Å²) in [5, 5.41) is 12.8. The summed E-state index contributed by atoms with van der Waals surface area (Å²) in [6.45, 7) is 8.93. The van der Waals surface area contributed by atoms with Crippen LogP contribution >= 0.6 is 0 Å². The van der Waals surface area contributed by atoms with Crippen molar-refractivity contribution in [3.8, 4) is 0 Å². The van der Waals surface area contributed by atoms with Crippen LogP contribution in [0.4, 0.5) is 0 Å². The fraction of sp³-hybridized carbons (Fsp3) is 0.933. The highest BCUT2D eigenvalue weighted by molar-refractivity contribution is 5.78. The maximum absolute atomic E-state index is 11.7. The highest BCUT2D eigenvalue weighted by Crippen LogP contribution is 2.11. The highest BCUT2D eigenvalue weighted by atomic mass is 16.5. The van der Waals surface area contributed by atoms with Gasteiger partial charge in [0, 0.05) is 19.2 Å². The van der Waals surface area contributed by atoms with Gasteiger partial charge < -0.3 is 19.9 Å². The lowest BCUT2D eigenvalue weighted by atomic mass is 10.2. The Hall–Kier alpha value is -0.690. The molecule has 0 saturated carbocycles. The molecule has 0 radical (unpaired) electrons. The van der Waals surface area contributed by atoms with Crippen molar-refractivity contribution in [1.29, 1.82) is 0 Å². The van der Waals surface area contributed by atoms with Crippen LogP contribution in [-0.4, -0.2) is 73.6 Å². The van der Waals surface area contributed by atoms with Gasteiger partial charge in [-0.05, 0) is 33.2 Å². The molecule has 124 valence electrons. The monoisotopic (exact) mass is 302 g/mol. The van der Waals surface area contributed by atoms with Crippen molar-refractivity contribution < 1.29 is 19.4 Å². The molecule has 0 aliphatic carbocycles. The highest BCUT2D eigenvalue weighted by Gasteiger charge is 2.18. The minimum Gasteiger partial charge on any atom is -0.389 e. The van der Waals surface area contributed by atoms with E-state index in [1.54, 1.807) is 0 Å². The normalized spacial score (nSPS) is 20.2. The molecule has 0 aromatic heterocycles. The van der Waals surface area contributed by atoms with Crippen molar-refractivity contribution in [3.05, 3.63) is 0 Å². The molecular formula is C15H30N2O4. The molecule has 6 nitrogen and oxygen atoms in total. The number of rotatable bonds is 10. The summed E-state index contributed by atoms with van der Waals surface area (Å²) in [6, 6.07) is 0.135. The molecular weight excluding hydrogens is 272 g/mol. The first-order valence-corrected chi connectivity index (χ1v) is 7.90. The van der Waals surface area contributed by atoms with Gasteiger partial charge in [-0.15, -0.1) is 0 Å². The van der Waals surface area contributed by atoms with Crippen LogP contribution in [0.2, 0.25) is 0 Å². The summed E-state index contributed by atoms with van der Waals surface area (Å²) >= 11 is 0. The summed E-state index contributed by atoms with van der Waals surface area (Å²) in [5.41, 5.74) is 0. The summed E-state index contributed by atoms with van der Waals surface area (Å²) in [7, 11) is 0. The van der Waals surface area contributed by atoms with Gasteiger partial charge in [0.05, 0.1) is 32.0 Å². The molecule has 0 aromatic rings. The molecule has 0 aromatic carbocycles. The van der Waals surface area contributed by atoms with E-state index in [9.17, 15) is 9.90 Å². The van der Waals surface area contributed by atoms with Crippen LogP contribution in [0.3, 0.4) is 0 Å². The average Bonchev–Trinajstić information content (AvgIpc) is 2.90. The number of nitrogens with zero attached hydrogens (tertiary/aromatic N) is 1. The molecule has 1 rings (SSSR count). The lowest BCUT2D eigenvalue weighted by molar-refractivity contribution is -0.123. The third-order valence-electron chi connectivity index (χ3n) is 3.37. The lowest BCUT2D eigenvalue weighted by Gasteiger charge is -2.23. The third-order valence-corrected chi connectivity index (χ3v) is 3.37. The largest absolute Gasteiger partial charge is 0.389 e. The lowest BCUT2D eigenvalue weighted by Crippen LogP contribution is -2.43. The fourth-order valence-corrected chi connectivity index (χ4v) is 2.34. The standard InChI is InChI=1S/C15H30N2O4/c1-4-17(9-15(19)16-12(2)3)8-13(18)10-20-11-14-6-5-7-21-14/h12-14,18H,4-11H2,1-3H3,(H,16,19). The number of hydrogen-bond acceptors (Lipinski definition) is 5. The number of carbonyl (C=O) groups is 1. The number of aliphatic hydroxyl groups excluding tert-OH is 1. The average molecular weight is 302 g/mol. The second kappa shape index (κ2) is 10.1. The van der Waals surface area contributed by atoms with E-state index in [2.05, 4.69) is 5.32 Å². The van der Waals surface area contributed by atoms with Gasteiger partial charge in [-0.2, -0.15) is 0 Å². The van der Waals surface area contributed by atoms with Crippen molar-refractivity contribution in [1.82, 2.24) is 10.2 Å². The second-order valence-corrected chi connectivity index (χ2v) is 5.88. The van der Waals surface area contributed by atoms with E-state index in [0.29, 0.717) is 26.2 Å². The number of carbonyl (C=O) groups excluding carboxylic acids is 1. The van der Waals surface area contributed by atoms with E-state index in [1.807, 2.05) is 25.7 Å². The zero-order valence-electron chi connectivity index (χ0n) is 13.5. The molecule has 1 saturated heterocycles. The summed E-state index contributed by atoms with van der Waals surface area (Å²) in [5.74, 6) is -0.0145. The smallest absolute Gasteiger partial charge is 0.234 e. The Kier molecular flexibility index (Phi) is 8.84. The Morgan fingerprint density at radius 1 is 1.52 bits per heavy atom. The van der Waals surface area contributed by atoms with E-state index in [4.69, 9.17) is 9.47 Å². The van der Waals surface area contributed by atoms with Crippen LogP contribution in [0.25, 0.3) is 0 Å². The molecule has 1 aliphatic heterocycles. The molecule has 1 amide bonds. The zero-order valence-corrected chi connectivity index (χ0v) is 13.5. The predicted molar refractivity (Wildman–Crippen MR) is 81.2 cm³/mol. The Bertz CT molecular complexity index is 293. The quantitative estimate of drug-likeness (QED) is 0.611. The van der Waals surface area contributed by atoms with E-state index in [1.165, 1.54) is 0 Å². The van der Waals surface area contributed by atoms with Gasteiger partial charge in [0.25, 0.3) is 0 Å². The van der Waals surface area contributed by atoms with Crippen molar-refractivity contribution in [2.45, 2.75) is 51.9 Å². The first-order chi connectivity index (χ1) is 10.0. The van der Waals surface area contributed by atoms with Crippen molar-refractivity contribution in [2.24, 2.45) is 0 Å². The first kappa shape index (κ1) is 18.4. The molecule has 6 heteroatoms. The van der Waals surface area contributed by atoms with Crippen molar-refractivity contribution in [2.75, 3.05) is 39.5 Å². The van der Waals surface area contributed by atoms with Crippen molar-refractivity contribution >= 4 is 5.91 Å². The van der Waals surface area contributed by atoms with E-state index >= 15 is 0 Å². The molecule has 1 aliphatic rings. The minimum atomic E-state index is -0.585. The molecule has 1 fully saturated rings. The topological polar surface area (TPSA) is 71.0 Å². The Labute approximate surface area is 127 Å². The van der Waals surface area contributed by atoms with Crippen LogP contribution in [0, 0.1) is 0 Å². The number of hydrogen-bond donors (Lipinski definition) is 2. The zero-order chi connectivity index (χ0) is 15.7. The molecule has 0 spiro atoms. The molecule has 21 heavy (non-hydrogen) atoms. The molecule has 2 unspecified atom stereocenters. The number of aliphatic hydroxyl groups is 1. The number of nitrogens with one attached hydrogen (secondary N) is 1. The second-order valence-electron chi connectivity index (χ2n) is 5.88. The van der Waals surface area contributed by atoms with Gasteiger partial charge in [-0.1, -0.05) is 6.92 Å². The maximum atomic E-state index is 11.7. The maximum Gasteiger partial charge on any atom is 0.234 e. The molecule has 2 atom stereocenters. The van der Waals surface area contributed by atoms with Crippen molar-refractivity contribution in [3.63, 3.8) is 0 Å². The fourth-order valence-electron chi connectivity index (χ4n) is 2.34. The van der Waals surface area contributed by atoms with Gasteiger partial charge in [0.2, 0.25) is 5.91 Å². The van der Waals surface area contributed by atoms with E-state index in [0.717, 1.165) is 19.4 Å². The SMILES string of the molecule is CCN(CC(=O)NC(C)C)CC(O)COCC1CCCO1. The summed E-state index contributed by atoms with van der Waals surface area (Å²) < 4.78 is 10.9. The predicted octanol–water partition coefficient (Wildman–Crippen LogP) is 0.389. The van der Waals surface area contributed by atoms with Crippen LogP contribution in [0.15, 0.2) is 0 Å². The number of likely N-dealkylation sites (N-methyl/N-ethyl adjacent to an activating group) is 1. The van der Waals surface area contributed by atoms with Crippen LogP contribution < -0.4 is 5.32 Å². The molecule has 0 bridgehead atoms. The van der Waals surface area contributed by atoms with E-state index < -0.39 is 6.10 Å². The van der Waals surface area contributed by atoms with Crippen LogP contribution in [0.5, 0.6) is 0 Å². The minimum absolute atomic E-state index is 0.0145. The Morgan fingerprint density at radius 2 is 2.29 bits per heavy atom. The van der Waals surface area contributed by atoms with Gasteiger partial charge in [0.1, 0.15) is 0 Å². The molecule has 2 N–H and O–H groups in total. The van der Waals surface area contributed by atoms with Crippen LogP contribution in [-0.2, 0) is 14.3 Å². The van der Waals surface area contributed by atoms with Crippen LogP contribution in [0.1, 0.15) is 33.6 Å². The Balaban J connectivity index is 2.16. The van der Waals surface area contributed by atoms with Gasteiger partial charge in [-0.25, -0.2) is 0 Å². The summed E-state index contributed by atoms with van der Waals surface area (Å²) in [4.78, 5) is 13.6.